The molecule has 0 aliphatic rings. The second-order valence-electron chi connectivity index (χ2n) is 4.39. The highest BCUT2D eigenvalue weighted by Gasteiger charge is 2.30. The summed E-state index contributed by atoms with van der Waals surface area (Å²) in [5.74, 6) is -0.640. The number of benzene rings is 2. The normalized spacial score (nSPS) is 11.6. The predicted octanol–water partition coefficient (Wildman–Crippen LogP) is 4.13. The fourth-order valence-corrected chi connectivity index (χ4v) is 1.82. The van der Waals surface area contributed by atoms with E-state index in [2.05, 4.69) is 5.32 Å². The fraction of sp³-hybridized carbons (Fsp3) is 0.200. The Hall–Kier alpha value is -1.88. The lowest BCUT2D eigenvalue weighted by molar-refractivity contribution is -0.137. The van der Waals surface area contributed by atoms with Gasteiger partial charge in [-0.15, -0.1) is 0 Å². The van der Waals surface area contributed by atoms with Crippen LogP contribution in [-0.2, 0) is 19.3 Å². The second kappa shape index (κ2) is 6.05. The molecule has 2 rings (SSSR count). The molecule has 0 fully saturated rings. The first-order valence-electron chi connectivity index (χ1n) is 6.07. The van der Waals surface area contributed by atoms with Crippen LogP contribution >= 0.6 is 0 Å². The van der Waals surface area contributed by atoms with E-state index in [0.717, 1.165) is 23.8 Å². The Labute approximate surface area is 114 Å². The molecule has 0 spiro atoms. The van der Waals surface area contributed by atoms with Gasteiger partial charge < -0.3 is 5.32 Å². The lowest BCUT2D eigenvalue weighted by atomic mass is 10.1. The first kappa shape index (κ1) is 14.5. The summed E-state index contributed by atoms with van der Waals surface area (Å²) < 4.78 is 51.1. The third-order valence-corrected chi connectivity index (χ3v) is 2.86. The van der Waals surface area contributed by atoms with Gasteiger partial charge in [0, 0.05) is 18.7 Å². The molecular formula is C15H13F4N. The highest BCUT2D eigenvalue weighted by Crippen LogP contribution is 2.30. The van der Waals surface area contributed by atoms with Gasteiger partial charge in [0.25, 0.3) is 0 Å². The molecule has 0 saturated heterocycles. The number of alkyl halides is 3. The summed E-state index contributed by atoms with van der Waals surface area (Å²) in [5.41, 5.74) is 0.158. The largest absolute Gasteiger partial charge is 0.416 e. The van der Waals surface area contributed by atoms with E-state index in [1.807, 2.05) is 30.3 Å². The smallest absolute Gasteiger partial charge is 0.309 e. The van der Waals surface area contributed by atoms with E-state index in [0.29, 0.717) is 6.54 Å². The fourth-order valence-electron chi connectivity index (χ4n) is 1.82. The Morgan fingerprint density at radius 3 is 2.25 bits per heavy atom. The number of hydrogen-bond donors (Lipinski definition) is 1. The first-order valence-corrected chi connectivity index (χ1v) is 6.07. The number of nitrogens with one attached hydrogen (secondary N) is 1. The van der Waals surface area contributed by atoms with Crippen LogP contribution in [0.25, 0.3) is 0 Å². The SMILES string of the molecule is Fc1ccc(C(F)(F)F)cc1CNCc1ccccc1. The monoisotopic (exact) mass is 283 g/mol. The van der Waals surface area contributed by atoms with Crippen molar-refractivity contribution in [3.63, 3.8) is 0 Å². The molecule has 0 unspecified atom stereocenters. The Kier molecular flexibility index (Phi) is 4.39. The van der Waals surface area contributed by atoms with E-state index in [1.54, 1.807) is 0 Å². The highest BCUT2D eigenvalue weighted by molar-refractivity contribution is 5.27. The molecule has 20 heavy (non-hydrogen) atoms. The molecule has 0 amide bonds. The Morgan fingerprint density at radius 2 is 1.60 bits per heavy atom. The van der Waals surface area contributed by atoms with Crippen molar-refractivity contribution in [1.82, 2.24) is 5.32 Å². The summed E-state index contributed by atoms with van der Waals surface area (Å²) >= 11 is 0. The average Bonchev–Trinajstić information content (AvgIpc) is 2.41. The van der Waals surface area contributed by atoms with Crippen molar-refractivity contribution in [3.8, 4) is 0 Å². The van der Waals surface area contributed by atoms with Gasteiger partial charge in [-0.25, -0.2) is 4.39 Å². The number of rotatable bonds is 4. The van der Waals surface area contributed by atoms with Crippen molar-refractivity contribution in [2.45, 2.75) is 19.3 Å². The maximum Gasteiger partial charge on any atom is 0.416 e. The van der Waals surface area contributed by atoms with Gasteiger partial charge in [0.1, 0.15) is 5.82 Å². The van der Waals surface area contributed by atoms with Crippen molar-refractivity contribution >= 4 is 0 Å². The van der Waals surface area contributed by atoms with E-state index in [1.165, 1.54) is 0 Å². The lowest BCUT2D eigenvalue weighted by Gasteiger charge is -2.10. The zero-order valence-electron chi connectivity index (χ0n) is 10.5. The van der Waals surface area contributed by atoms with Gasteiger partial charge in [-0.2, -0.15) is 13.2 Å². The molecule has 0 aromatic heterocycles. The lowest BCUT2D eigenvalue weighted by Crippen LogP contribution is -2.15. The van der Waals surface area contributed by atoms with Crippen molar-refractivity contribution < 1.29 is 17.6 Å². The minimum atomic E-state index is -4.46. The van der Waals surface area contributed by atoms with Crippen LogP contribution in [-0.4, -0.2) is 0 Å². The van der Waals surface area contributed by atoms with Crippen molar-refractivity contribution in [3.05, 3.63) is 71.0 Å². The second-order valence-corrected chi connectivity index (χ2v) is 4.39. The minimum Gasteiger partial charge on any atom is -0.309 e. The third kappa shape index (κ3) is 3.81. The molecule has 5 heteroatoms. The molecule has 0 radical (unpaired) electrons. The molecule has 0 atom stereocenters. The number of halogens is 4. The molecule has 1 N–H and O–H groups in total. The van der Waals surface area contributed by atoms with Gasteiger partial charge in [0.2, 0.25) is 0 Å². The molecule has 2 aromatic carbocycles. The first-order chi connectivity index (χ1) is 9.47. The molecule has 2 aromatic rings. The zero-order valence-corrected chi connectivity index (χ0v) is 10.5. The van der Waals surface area contributed by atoms with Crippen LogP contribution in [0, 0.1) is 5.82 Å². The molecule has 106 valence electrons. The van der Waals surface area contributed by atoms with Crippen LogP contribution in [0.2, 0.25) is 0 Å². The van der Waals surface area contributed by atoms with Gasteiger partial charge in [-0.3, -0.25) is 0 Å². The zero-order chi connectivity index (χ0) is 14.6. The van der Waals surface area contributed by atoms with E-state index in [9.17, 15) is 17.6 Å². The van der Waals surface area contributed by atoms with Crippen LogP contribution in [0.4, 0.5) is 17.6 Å². The maximum absolute atomic E-state index is 13.5. The third-order valence-electron chi connectivity index (χ3n) is 2.86. The summed E-state index contributed by atoms with van der Waals surface area (Å²) in [6.07, 6.45) is -4.46. The van der Waals surface area contributed by atoms with E-state index >= 15 is 0 Å². The van der Waals surface area contributed by atoms with Gasteiger partial charge in [0.15, 0.2) is 0 Å². The molecule has 0 bridgehead atoms. The standard InChI is InChI=1S/C15H13F4N/c16-14-7-6-13(15(17,18)19)8-12(14)10-20-9-11-4-2-1-3-5-11/h1-8,20H,9-10H2. The Bertz CT molecular complexity index is 564. The summed E-state index contributed by atoms with van der Waals surface area (Å²) in [5, 5.41) is 2.93. The summed E-state index contributed by atoms with van der Waals surface area (Å²) in [7, 11) is 0. The van der Waals surface area contributed by atoms with Crippen LogP contribution in [0.3, 0.4) is 0 Å². The molecular weight excluding hydrogens is 270 g/mol. The average molecular weight is 283 g/mol. The van der Waals surface area contributed by atoms with Crippen molar-refractivity contribution in [2.75, 3.05) is 0 Å². The molecule has 0 saturated carbocycles. The number of hydrogen-bond acceptors (Lipinski definition) is 1. The van der Waals surface area contributed by atoms with Crippen LogP contribution < -0.4 is 5.32 Å². The van der Waals surface area contributed by atoms with Gasteiger partial charge in [0.05, 0.1) is 5.56 Å². The van der Waals surface area contributed by atoms with E-state index in [4.69, 9.17) is 0 Å². The van der Waals surface area contributed by atoms with Crippen molar-refractivity contribution in [1.29, 1.82) is 0 Å². The maximum atomic E-state index is 13.5. The molecule has 0 heterocycles. The topological polar surface area (TPSA) is 12.0 Å². The Balaban J connectivity index is 2.02. The van der Waals surface area contributed by atoms with E-state index < -0.39 is 17.6 Å². The van der Waals surface area contributed by atoms with Crippen LogP contribution in [0.1, 0.15) is 16.7 Å². The van der Waals surface area contributed by atoms with Gasteiger partial charge in [-0.1, -0.05) is 30.3 Å². The van der Waals surface area contributed by atoms with Gasteiger partial charge >= 0.3 is 6.18 Å². The summed E-state index contributed by atoms with van der Waals surface area (Å²) in [4.78, 5) is 0. The minimum absolute atomic E-state index is 0.00996. The van der Waals surface area contributed by atoms with Crippen LogP contribution in [0.15, 0.2) is 48.5 Å². The highest BCUT2D eigenvalue weighted by atomic mass is 19.4. The van der Waals surface area contributed by atoms with Crippen LogP contribution in [0.5, 0.6) is 0 Å². The molecule has 0 aliphatic heterocycles. The summed E-state index contributed by atoms with van der Waals surface area (Å²) in [6, 6.07) is 11.8. The molecule has 0 aliphatic carbocycles. The quantitative estimate of drug-likeness (QED) is 0.832. The van der Waals surface area contributed by atoms with Gasteiger partial charge in [-0.05, 0) is 23.8 Å². The van der Waals surface area contributed by atoms with Crippen molar-refractivity contribution in [2.24, 2.45) is 0 Å². The van der Waals surface area contributed by atoms with E-state index in [-0.39, 0.29) is 12.1 Å². The molecule has 1 nitrogen and oxygen atoms in total. The predicted molar refractivity (Wildman–Crippen MR) is 68.4 cm³/mol. The summed E-state index contributed by atoms with van der Waals surface area (Å²) in [6.45, 7) is 0.515. The Morgan fingerprint density at radius 1 is 0.900 bits per heavy atom.